The number of amides is 2. The van der Waals surface area contributed by atoms with Gasteiger partial charge in [0, 0.05) is 13.1 Å². The van der Waals surface area contributed by atoms with Gasteiger partial charge in [0.2, 0.25) is 0 Å². The average Bonchev–Trinajstić information content (AvgIpc) is 3.04. The number of carbonyl (C=O) groups excluding carboxylic acids is 1. The van der Waals surface area contributed by atoms with Crippen LogP contribution in [-0.4, -0.2) is 52.3 Å². The van der Waals surface area contributed by atoms with Crippen molar-refractivity contribution in [2.75, 3.05) is 13.1 Å². The van der Waals surface area contributed by atoms with E-state index < -0.39 is 24.1 Å². The lowest BCUT2D eigenvalue weighted by atomic mass is 10.2. The maximum absolute atomic E-state index is 11.8. The van der Waals surface area contributed by atoms with E-state index in [-0.39, 0.29) is 0 Å². The van der Waals surface area contributed by atoms with Crippen molar-refractivity contribution in [2.45, 2.75) is 38.8 Å². The average molecular weight is 244 g/mol. The van der Waals surface area contributed by atoms with Crippen molar-refractivity contribution < 1.29 is 19.8 Å². The Morgan fingerprint density at radius 2 is 2.06 bits per heavy atom. The van der Waals surface area contributed by atoms with Gasteiger partial charge in [-0.2, -0.15) is 0 Å². The zero-order valence-corrected chi connectivity index (χ0v) is 10.2. The van der Waals surface area contributed by atoms with Gasteiger partial charge in [0.25, 0.3) is 0 Å². The Bertz CT molecular complexity index is 289. The Kier molecular flexibility index (Phi) is 4.74. The molecule has 1 aliphatic carbocycles. The van der Waals surface area contributed by atoms with E-state index in [1.807, 2.05) is 6.92 Å². The summed E-state index contributed by atoms with van der Waals surface area (Å²) in [6.07, 6.45) is 1.14. The Hall–Kier alpha value is -1.30. The lowest BCUT2D eigenvalue weighted by Crippen LogP contribution is -2.52. The molecule has 0 aromatic carbocycles. The summed E-state index contributed by atoms with van der Waals surface area (Å²) in [5, 5.41) is 20.5. The summed E-state index contributed by atoms with van der Waals surface area (Å²) in [5.41, 5.74) is 0. The molecule has 0 aromatic rings. The molecule has 98 valence electrons. The number of rotatable bonds is 6. The third-order valence-electron chi connectivity index (χ3n) is 2.87. The van der Waals surface area contributed by atoms with Crippen LogP contribution in [0.15, 0.2) is 0 Å². The third-order valence-corrected chi connectivity index (χ3v) is 2.87. The van der Waals surface area contributed by atoms with Gasteiger partial charge in [0.15, 0.2) is 6.04 Å². The molecule has 3 N–H and O–H groups in total. The van der Waals surface area contributed by atoms with Crippen LogP contribution >= 0.6 is 0 Å². The monoisotopic (exact) mass is 244 g/mol. The van der Waals surface area contributed by atoms with Crippen LogP contribution < -0.4 is 5.32 Å². The van der Waals surface area contributed by atoms with Gasteiger partial charge in [-0.05, 0) is 32.6 Å². The molecule has 0 spiro atoms. The molecule has 0 saturated heterocycles. The second-order valence-corrected chi connectivity index (χ2v) is 4.49. The zero-order chi connectivity index (χ0) is 13.0. The lowest BCUT2D eigenvalue weighted by Gasteiger charge is -2.24. The van der Waals surface area contributed by atoms with E-state index in [9.17, 15) is 14.7 Å². The van der Waals surface area contributed by atoms with E-state index in [0.717, 1.165) is 12.8 Å². The van der Waals surface area contributed by atoms with Crippen LogP contribution in [0.1, 0.15) is 26.7 Å². The number of carboxylic acids is 1. The van der Waals surface area contributed by atoms with Crippen molar-refractivity contribution >= 4 is 12.0 Å². The number of hydrogen-bond acceptors (Lipinski definition) is 3. The highest BCUT2D eigenvalue weighted by Gasteiger charge is 2.30. The van der Waals surface area contributed by atoms with Crippen molar-refractivity contribution in [1.82, 2.24) is 10.2 Å². The highest BCUT2D eigenvalue weighted by Crippen LogP contribution is 2.29. The van der Waals surface area contributed by atoms with Crippen molar-refractivity contribution in [3.8, 4) is 0 Å². The third kappa shape index (κ3) is 4.22. The molecule has 0 bridgehead atoms. The predicted molar refractivity (Wildman–Crippen MR) is 61.6 cm³/mol. The van der Waals surface area contributed by atoms with Crippen molar-refractivity contribution in [1.29, 1.82) is 0 Å². The minimum atomic E-state index is -1.25. The molecule has 1 aliphatic rings. The second-order valence-electron chi connectivity index (χ2n) is 4.49. The van der Waals surface area contributed by atoms with Crippen LogP contribution in [0, 0.1) is 5.92 Å². The molecular weight excluding hydrogens is 224 g/mol. The van der Waals surface area contributed by atoms with Gasteiger partial charge in [-0.15, -0.1) is 0 Å². The van der Waals surface area contributed by atoms with Crippen LogP contribution in [0.25, 0.3) is 0 Å². The van der Waals surface area contributed by atoms with Gasteiger partial charge in [-0.1, -0.05) is 0 Å². The summed E-state index contributed by atoms with van der Waals surface area (Å²) in [4.78, 5) is 24.2. The predicted octanol–water partition coefficient (Wildman–Crippen LogP) is 0.262. The first-order chi connectivity index (χ1) is 7.95. The molecule has 1 saturated carbocycles. The molecule has 0 heterocycles. The summed E-state index contributed by atoms with van der Waals surface area (Å²) >= 11 is 0. The van der Waals surface area contributed by atoms with Crippen molar-refractivity contribution in [3.63, 3.8) is 0 Å². The largest absolute Gasteiger partial charge is 0.480 e. The fraction of sp³-hybridized carbons (Fsp3) is 0.818. The molecule has 0 aromatic heterocycles. The first-order valence-corrected chi connectivity index (χ1v) is 5.92. The summed E-state index contributed by atoms with van der Waals surface area (Å²) < 4.78 is 0. The van der Waals surface area contributed by atoms with E-state index in [0.29, 0.717) is 19.0 Å². The van der Waals surface area contributed by atoms with Crippen LogP contribution in [0.5, 0.6) is 0 Å². The normalized spacial score (nSPS) is 18.3. The van der Waals surface area contributed by atoms with E-state index in [1.165, 1.54) is 6.92 Å². The number of nitrogens with one attached hydrogen (secondary N) is 1. The van der Waals surface area contributed by atoms with Crippen LogP contribution in [0.3, 0.4) is 0 Å². The fourth-order valence-corrected chi connectivity index (χ4v) is 1.58. The molecule has 1 fully saturated rings. The molecule has 2 atom stereocenters. The molecule has 6 nitrogen and oxygen atoms in total. The zero-order valence-electron chi connectivity index (χ0n) is 10.2. The number of aliphatic hydroxyl groups is 1. The van der Waals surface area contributed by atoms with E-state index in [2.05, 4.69) is 5.32 Å². The summed E-state index contributed by atoms with van der Waals surface area (Å²) in [5.74, 6) is -0.675. The smallest absolute Gasteiger partial charge is 0.328 e. The van der Waals surface area contributed by atoms with Crippen LogP contribution in [-0.2, 0) is 4.79 Å². The van der Waals surface area contributed by atoms with Gasteiger partial charge >= 0.3 is 12.0 Å². The number of aliphatic hydroxyl groups excluding tert-OH is 1. The highest BCUT2D eigenvalue weighted by molar-refractivity contribution is 5.83. The minimum Gasteiger partial charge on any atom is -0.480 e. The second kappa shape index (κ2) is 5.86. The first kappa shape index (κ1) is 13.8. The van der Waals surface area contributed by atoms with E-state index >= 15 is 0 Å². The fourth-order valence-electron chi connectivity index (χ4n) is 1.58. The van der Waals surface area contributed by atoms with Crippen LogP contribution in [0.2, 0.25) is 0 Å². The number of nitrogens with zero attached hydrogens (tertiary/aromatic N) is 1. The number of hydrogen-bond donors (Lipinski definition) is 3. The lowest BCUT2D eigenvalue weighted by molar-refractivity contribution is -0.141. The molecule has 0 aliphatic heterocycles. The molecular formula is C11H20N2O4. The van der Waals surface area contributed by atoms with Gasteiger partial charge in [0.05, 0.1) is 6.10 Å². The van der Waals surface area contributed by atoms with Gasteiger partial charge in [0.1, 0.15) is 0 Å². The SMILES string of the molecule is CCN(CC1CC1)C(=O)NC(C(=O)O)C(C)O. The van der Waals surface area contributed by atoms with E-state index in [1.54, 1.807) is 4.90 Å². The van der Waals surface area contributed by atoms with Gasteiger partial charge in [-0.3, -0.25) is 0 Å². The van der Waals surface area contributed by atoms with Crippen LogP contribution in [0.4, 0.5) is 4.79 Å². The standard InChI is InChI=1S/C11H20N2O4/c1-3-13(6-8-4-5-8)11(17)12-9(7(2)14)10(15)16/h7-9,14H,3-6H2,1-2H3,(H,12,17)(H,15,16). The Morgan fingerprint density at radius 1 is 1.47 bits per heavy atom. The topological polar surface area (TPSA) is 89.9 Å². The molecule has 2 unspecified atom stereocenters. The Morgan fingerprint density at radius 3 is 2.41 bits per heavy atom. The number of aliphatic carboxylic acids is 1. The van der Waals surface area contributed by atoms with Gasteiger partial charge < -0.3 is 20.4 Å². The quantitative estimate of drug-likeness (QED) is 0.625. The summed E-state index contributed by atoms with van der Waals surface area (Å²) in [7, 11) is 0. The van der Waals surface area contributed by atoms with Gasteiger partial charge in [-0.25, -0.2) is 9.59 Å². The minimum absolute atomic E-state index is 0.423. The number of urea groups is 1. The Balaban J connectivity index is 2.51. The maximum atomic E-state index is 11.8. The number of carboxylic acid groups (broad SMARTS) is 1. The van der Waals surface area contributed by atoms with E-state index in [4.69, 9.17) is 5.11 Å². The first-order valence-electron chi connectivity index (χ1n) is 5.92. The highest BCUT2D eigenvalue weighted by atomic mass is 16.4. The molecule has 1 rings (SSSR count). The summed E-state index contributed by atoms with van der Waals surface area (Å²) in [6.45, 7) is 4.39. The summed E-state index contributed by atoms with van der Waals surface area (Å²) in [6, 6.07) is -1.68. The molecule has 6 heteroatoms. The van der Waals surface area contributed by atoms with Crippen molar-refractivity contribution in [3.05, 3.63) is 0 Å². The number of carbonyl (C=O) groups is 2. The molecule has 17 heavy (non-hydrogen) atoms. The molecule has 2 amide bonds. The Labute approximate surface area is 101 Å². The maximum Gasteiger partial charge on any atom is 0.328 e. The van der Waals surface area contributed by atoms with Crippen molar-refractivity contribution in [2.24, 2.45) is 5.92 Å². The molecule has 0 radical (unpaired) electrons.